The van der Waals surface area contributed by atoms with Crippen LogP contribution in [-0.2, 0) is 12.0 Å². The lowest BCUT2D eigenvalue weighted by molar-refractivity contribution is 0.0755. The van der Waals surface area contributed by atoms with Gasteiger partial charge in [0.1, 0.15) is 0 Å². The Labute approximate surface area is 178 Å². The quantitative estimate of drug-likeness (QED) is 0.569. The molecular formula is C24H30N4O2. The Morgan fingerprint density at radius 1 is 1.03 bits per heavy atom. The van der Waals surface area contributed by atoms with Gasteiger partial charge in [-0.05, 0) is 49.9 Å². The summed E-state index contributed by atoms with van der Waals surface area (Å²) in [4.78, 5) is 14.8. The molecule has 1 heterocycles. The first-order chi connectivity index (χ1) is 14.4. The Morgan fingerprint density at radius 3 is 2.40 bits per heavy atom. The second-order valence-electron chi connectivity index (χ2n) is 7.87. The molecule has 6 heteroatoms. The number of carbonyl (C=O) groups is 1. The Hall–Kier alpha value is -2.99. The van der Waals surface area contributed by atoms with Gasteiger partial charge in [-0.2, -0.15) is 0 Å². The highest BCUT2D eigenvalue weighted by Crippen LogP contribution is 2.26. The summed E-state index contributed by atoms with van der Waals surface area (Å²) in [5, 5.41) is 8.38. The van der Waals surface area contributed by atoms with E-state index < -0.39 is 5.54 Å². The molecule has 0 fully saturated rings. The van der Waals surface area contributed by atoms with Crippen molar-refractivity contribution in [2.45, 2.75) is 45.6 Å². The monoisotopic (exact) mass is 406 g/mol. The van der Waals surface area contributed by atoms with Crippen LogP contribution in [-0.4, -0.2) is 34.1 Å². The summed E-state index contributed by atoms with van der Waals surface area (Å²) in [6.07, 6.45) is 2.43. The van der Waals surface area contributed by atoms with Crippen molar-refractivity contribution in [2.75, 3.05) is 13.1 Å². The van der Waals surface area contributed by atoms with Gasteiger partial charge in [0, 0.05) is 24.2 Å². The third-order valence-electron chi connectivity index (χ3n) is 4.96. The van der Waals surface area contributed by atoms with Gasteiger partial charge in [-0.25, -0.2) is 0 Å². The third-order valence-corrected chi connectivity index (χ3v) is 4.96. The molecule has 1 atom stereocenters. The predicted octanol–water partition coefficient (Wildman–Crippen LogP) is 4.42. The van der Waals surface area contributed by atoms with E-state index in [0.29, 0.717) is 29.3 Å². The minimum absolute atomic E-state index is 0.0213. The first kappa shape index (κ1) is 21.7. The largest absolute Gasteiger partial charge is 0.419 e. The molecule has 158 valence electrons. The summed E-state index contributed by atoms with van der Waals surface area (Å²) >= 11 is 0. The van der Waals surface area contributed by atoms with Crippen LogP contribution in [0.1, 0.15) is 55.4 Å². The number of hydrogen-bond acceptors (Lipinski definition) is 5. The number of hydrogen-bond donors (Lipinski definition) is 1. The van der Waals surface area contributed by atoms with E-state index in [-0.39, 0.29) is 5.91 Å². The number of rotatable bonds is 9. The van der Waals surface area contributed by atoms with E-state index in [1.165, 1.54) is 0 Å². The van der Waals surface area contributed by atoms with Crippen molar-refractivity contribution in [1.82, 2.24) is 15.1 Å². The lowest BCUT2D eigenvalue weighted by atomic mass is 9.94. The molecule has 0 aliphatic rings. The molecule has 3 aromatic rings. The van der Waals surface area contributed by atoms with Crippen molar-refractivity contribution < 1.29 is 9.21 Å². The predicted molar refractivity (Wildman–Crippen MR) is 118 cm³/mol. The van der Waals surface area contributed by atoms with Crippen LogP contribution in [0.3, 0.4) is 0 Å². The van der Waals surface area contributed by atoms with E-state index in [4.69, 9.17) is 10.2 Å². The fourth-order valence-electron chi connectivity index (χ4n) is 3.49. The molecule has 0 saturated carbocycles. The van der Waals surface area contributed by atoms with Crippen molar-refractivity contribution in [3.63, 3.8) is 0 Å². The van der Waals surface area contributed by atoms with Crippen molar-refractivity contribution in [2.24, 2.45) is 5.73 Å². The molecule has 2 aromatic carbocycles. The Morgan fingerprint density at radius 2 is 1.73 bits per heavy atom. The zero-order chi connectivity index (χ0) is 21.6. The van der Waals surface area contributed by atoms with E-state index in [9.17, 15) is 4.79 Å². The van der Waals surface area contributed by atoms with Gasteiger partial charge in [-0.1, -0.05) is 50.2 Å². The molecule has 0 aliphatic carbocycles. The van der Waals surface area contributed by atoms with E-state index in [0.717, 1.165) is 31.5 Å². The standard InChI is InChI=1S/C24H30N4O2/c1-4-14-28(15-5-2)22(29)20-13-9-12-19(16-20)21-26-27-23(30-21)24(3,25)17-18-10-7-6-8-11-18/h6-13,16H,4-5,14-15,17,25H2,1-3H3/t24-/m0/s1. The molecule has 0 spiro atoms. The average Bonchev–Trinajstić information content (AvgIpc) is 3.25. The van der Waals surface area contributed by atoms with Crippen LogP contribution in [0, 0.1) is 0 Å². The lowest BCUT2D eigenvalue weighted by Gasteiger charge is -2.21. The minimum Gasteiger partial charge on any atom is -0.419 e. The summed E-state index contributed by atoms with van der Waals surface area (Å²) in [5.74, 6) is 0.756. The van der Waals surface area contributed by atoms with Gasteiger partial charge in [0.25, 0.3) is 5.91 Å². The number of aromatic nitrogens is 2. The van der Waals surface area contributed by atoms with Crippen LogP contribution < -0.4 is 5.73 Å². The molecule has 1 aromatic heterocycles. The molecule has 0 saturated heterocycles. The first-order valence-corrected chi connectivity index (χ1v) is 10.5. The Kier molecular flexibility index (Phi) is 7.00. The van der Waals surface area contributed by atoms with Crippen molar-refractivity contribution in [3.05, 3.63) is 71.6 Å². The highest BCUT2D eigenvalue weighted by molar-refractivity contribution is 5.95. The second kappa shape index (κ2) is 9.67. The van der Waals surface area contributed by atoms with Gasteiger partial charge in [-0.15, -0.1) is 10.2 Å². The van der Waals surface area contributed by atoms with Crippen LogP contribution >= 0.6 is 0 Å². The molecule has 0 radical (unpaired) electrons. The van der Waals surface area contributed by atoms with Gasteiger partial charge in [0.2, 0.25) is 11.8 Å². The van der Waals surface area contributed by atoms with Crippen LogP contribution in [0.4, 0.5) is 0 Å². The molecule has 0 aliphatic heterocycles. The number of carbonyl (C=O) groups excluding carboxylic acids is 1. The highest BCUT2D eigenvalue weighted by atomic mass is 16.4. The van der Waals surface area contributed by atoms with E-state index in [1.54, 1.807) is 0 Å². The van der Waals surface area contributed by atoms with Crippen LogP contribution in [0.25, 0.3) is 11.5 Å². The van der Waals surface area contributed by atoms with Crippen molar-refractivity contribution >= 4 is 5.91 Å². The van der Waals surface area contributed by atoms with Gasteiger partial charge < -0.3 is 15.1 Å². The topological polar surface area (TPSA) is 85.2 Å². The van der Waals surface area contributed by atoms with Crippen molar-refractivity contribution in [3.8, 4) is 11.5 Å². The molecule has 0 bridgehead atoms. The first-order valence-electron chi connectivity index (χ1n) is 10.5. The van der Waals surface area contributed by atoms with Crippen LogP contribution in [0.5, 0.6) is 0 Å². The molecule has 1 amide bonds. The minimum atomic E-state index is -0.793. The normalized spacial score (nSPS) is 13.1. The smallest absolute Gasteiger partial charge is 0.253 e. The van der Waals surface area contributed by atoms with Gasteiger partial charge in [-0.3, -0.25) is 4.79 Å². The lowest BCUT2D eigenvalue weighted by Crippen LogP contribution is -2.35. The second-order valence-corrected chi connectivity index (χ2v) is 7.87. The van der Waals surface area contributed by atoms with Crippen molar-refractivity contribution in [1.29, 1.82) is 0 Å². The fraction of sp³-hybridized carbons (Fsp3) is 0.375. The number of amides is 1. The highest BCUT2D eigenvalue weighted by Gasteiger charge is 2.29. The molecule has 3 rings (SSSR count). The zero-order valence-corrected chi connectivity index (χ0v) is 18.0. The summed E-state index contributed by atoms with van der Waals surface area (Å²) in [7, 11) is 0. The Bertz CT molecular complexity index is 960. The maximum absolute atomic E-state index is 12.9. The van der Waals surface area contributed by atoms with E-state index in [2.05, 4.69) is 24.0 Å². The number of nitrogens with zero attached hydrogens (tertiary/aromatic N) is 3. The molecular weight excluding hydrogens is 376 g/mol. The van der Waals surface area contributed by atoms with Crippen LogP contribution in [0.2, 0.25) is 0 Å². The average molecular weight is 407 g/mol. The SMILES string of the molecule is CCCN(CCC)C(=O)c1cccc(-c2nnc([C@@](C)(N)Cc3ccccc3)o2)c1. The van der Waals surface area contributed by atoms with Gasteiger partial charge in [0.15, 0.2) is 0 Å². The van der Waals surface area contributed by atoms with E-state index in [1.807, 2.05) is 66.4 Å². The number of benzene rings is 2. The third kappa shape index (κ3) is 5.13. The fourth-order valence-corrected chi connectivity index (χ4v) is 3.49. The molecule has 0 unspecified atom stereocenters. The molecule has 2 N–H and O–H groups in total. The zero-order valence-electron chi connectivity index (χ0n) is 18.0. The summed E-state index contributed by atoms with van der Waals surface area (Å²) in [5.41, 5.74) is 8.13. The van der Waals surface area contributed by atoms with E-state index >= 15 is 0 Å². The van der Waals surface area contributed by atoms with Gasteiger partial charge >= 0.3 is 0 Å². The molecule has 30 heavy (non-hydrogen) atoms. The number of nitrogens with two attached hydrogens (primary N) is 1. The summed E-state index contributed by atoms with van der Waals surface area (Å²) in [6, 6.07) is 17.3. The van der Waals surface area contributed by atoms with Gasteiger partial charge in [0.05, 0.1) is 5.54 Å². The summed E-state index contributed by atoms with van der Waals surface area (Å²) < 4.78 is 5.92. The Balaban J connectivity index is 1.81. The summed E-state index contributed by atoms with van der Waals surface area (Å²) in [6.45, 7) is 7.51. The van der Waals surface area contributed by atoms with Crippen LogP contribution in [0.15, 0.2) is 59.0 Å². The maximum Gasteiger partial charge on any atom is 0.253 e. The maximum atomic E-state index is 12.9. The molecule has 6 nitrogen and oxygen atoms in total.